The molecular formula is C11H15BrClNO2. The molecular weight excluding hydrogens is 293 g/mol. The number of rotatable bonds is 7. The summed E-state index contributed by atoms with van der Waals surface area (Å²) in [6, 6.07) is 5.84. The highest BCUT2D eigenvalue weighted by molar-refractivity contribution is 9.10. The Hall–Kier alpha value is -0.130. The van der Waals surface area contributed by atoms with Crippen molar-refractivity contribution in [3.63, 3.8) is 0 Å². The van der Waals surface area contributed by atoms with Gasteiger partial charge < -0.3 is 15.2 Å². The van der Waals surface area contributed by atoms with Crippen LogP contribution in [0.15, 0.2) is 22.7 Å². The molecule has 0 aliphatic heterocycles. The van der Waals surface area contributed by atoms with Gasteiger partial charge in [-0.15, -0.1) is 0 Å². The fourth-order valence-electron chi connectivity index (χ4n) is 1.19. The minimum atomic E-state index is 0.0735. The van der Waals surface area contributed by atoms with Crippen molar-refractivity contribution in [1.82, 2.24) is 5.32 Å². The second-order valence-electron chi connectivity index (χ2n) is 3.26. The molecule has 5 heteroatoms. The molecule has 0 aliphatic rings. The summed E-state index contributed by atoms with van der Waals surface area (Å²) in [7, 11) is 0. The van der Waals surface area contributed by atoms with Crippen LogP contribution in [0.4, 0.5) is 0 Å². The van der Waals surface area contributed by atoms with Gasteiger partial charge in [0, 0.05) is 17.6 Å². The molecule has 0 saturated heterocycles. The molecule has 16 heavy (non-hydrogen) atoms. The zero-order valence-corrected chi connectivity index (χ0v) is 11.2. The van der Waals surface area contributed by atoms with Crippen LogP contribution in [0.1, 0.15) is 5.56 Å². The lowest BCUT2D eigenvalue weighted by molar-refractivity contribution is 0.0938. The lowest BCUT2D eigenvalue weighted by atomic mass is 10.2. The van der Waals surface area contributed by atoms with E-state index >= 15 is 0 Å². The monoisotopic (exact) mass is 307 g/mol. The molecule has 0 bridgehead atoms. The highest BCUT2D eigenvalue weighted by Crippen LogP contribution is 2.22. The van der Waals surface area contributed by atoms with E-state index in [1.54, 1.807) is 0 Å². The SMILES string of the molecule is OCCOCCNCc1ccc(Cl)c(Br)c1. The van der Waals surface area contributed by atoms with E-state index in [2.05, 4.69) is 21.2 Å². The Labute approximate surface area is 109 Å². The van der Waals surface area contributed by atoms with Crippen molar-refractivity contribution >= 4 is 27.5 Å². The third-order valence-corrected chi connectivity index (χ3v) is 3.19. The normalized spacial score (nSPS) is 10.7. The summed E-state index contributed by atoms with van der Waals surface area (Å²) in [6.45, 7) is 2.62. The van der Waals surface area contributed by atoms with Crippen molar-refractivity contribution in [1.29, 1.82) is 0 Å². The van der Waals surface area contributed by atoms with Gasteiger partial charge in [-0.2, -0.15) is 0 Å². The maximum atomic E-state index is 8.49. The maximum Gasteiger partial charge on any atom is 0.0698 e. The third kappa shape index (κ3) is 5.27. The van der Waals surface area contributed by atoms with Crippen LogP contribution >= 0.6 is 27.5 Å². The number of benzene rings is 1. The first-order valence-corrected chi connectivity index (χ1v) is 6.24. The van der Waals surface area contributed by atoms with Crippen molar-refractivity contribution < 1.29 is 9.84 Å². The fourth-order valence-corrected chi connectivity index (χ4v) is 1.74. The fraction of sp³-hybridized carbons (Fsp3) is 0.455. The zero-order valence-electron chi connectivity index (χ0n) is 8.88. The molecule has 2 N–H and O–H groups in total. The van der Waals surface area contributed by atoms with Crippen LogP contribution in [0.3, 0.4) is 0 Å². The molecule has 0 amide bonds. The van der Waals surface area contributed by atoms with Gasteiger partial charge in [0.15, 0.2) is 0 Å². The lowest BCUT2D eigenvalue weighted by Crippen LogP contribution is -2.19. The molecule has 1 aromatic rings. The van der Waals surface area contributed by atoms with Gasteiger partial charge in [-0.25, -0.2) is 0 Å². The molecule has 1 rings (SSSR count). The average Bonchev–Trinajstić information content (AvgIpc) is 2.28. The van der Waals surface area contributed by atoms with Crippen LogP contribution in [-0.4, -0.2) is 31.5 Å². The second kappa shape index (κ2) is 8.03. The van der Waals surface area contributed by atoms with Crippen molar-refractivity contribution in [2.45, 2.75) is 6.54 Å². The summed E-state index contributed by atoms with van der Waals surface area (Å²) in [5, 5.41) is 12.4. The number of aliphatic hydroxyl groups is 1. The van der Waals surface area contributed by atoms with Crippen LogP contribution in [-0.2, 0) is 11.3 Å². The van der Waals surface area contributed by atoms with E-state index in [0.29, 0.717) is 13.2 Å². The van der Waals surface area contributed by atoms with E-state index in [0.717, 1.165) is 22.6 Å². The smallest absolute Gasteiger partial charge is 0.0698 e. The van der Waals surface area contributed by atoms with Gasteiger partial charge in [0.25, 0.3) is 0 Å². The molecule has 0 unspecified atom stereocenters. The van der Waals surface area contributed by atoms with E-state index < -0.39 is 0 Å². The molecule has 3 nitrogen and oxygen atoms in total. The minimum Gasteiger partial charge on any atom is -0.394 e. The summed E-state index contributed by atoms with van der Waals surface area (Å²) in [4.78, 5) is 0. The van der Waals surface area contributed by atoms with E-state index in [4.69, 9.17) is 21.4 Å². The maximum absolute atomic E-state index is 8.49. The Morgan fingerprint density at radius 2 is 2.19 bits per heavy atom. The number of hydrogen-bond acceptors (Lipinski definition) is 3. The van der Waals surface area contributed by atoms with Crippen LogP contribution in [0.5, 0.6) is 0 Å². The molecule has 0 aliphatic carbocycles. The molecule has 0 radical (unpaired) electrons. The molecule has 0 saturated carbocycles. The summed E-state index contributed by atoms with van der Waals surface area (Å²) < 4.78 is 6.03. The number of halogens is 2. The molecule has 0 atom stereocenters. The average molecular weight is 309 g/mol. The predicted octanol–water partition coefficient (Wildman–Crippen LogP) is 2.20. The minimum absolute atomic E-state index is 0.0735. The standard InChI is InChI=1S/C11H15BrClNO2/c12-10-7-9(1-2-11(10)13)8-14-3-5-16-6-4-15/h1-2,7,14-15H,3-6,8H2. The zero-order chi connectivity index (χ0) is 11.8. The number of aliphatic hydroxyl groups excluding tert-OH is 1. The van der Waals surface area contributed by atoms with Gasteiger partial charge in [0.2, 0.25) is 0 Å². The van der Waals surface area contributed by atoms with Crippen molar-refractivity contribution in [2.24, 2.45) is 0 Å². The molecule has 0 aromatic heterocycles. The number of hydrogen-bond donors (Lipinski definition) is 2. The van der Waals surface area contributed by atoms with Gasteiger partial charge in [0.1, 0.15) is 0 Å². The van der Waals surface area contributed by atoms with Crippen LogP contribution in [0, 0.1) is 0 Å². The molecule has 0 spiro atoms. The molecule has 0 fully saturated rings. The van der Waals surface area contributed by atoms with Crippen molar-refractivity contribution in [3.8, 4) is 0 Å². The van der Waals surface area contributed by atoms with Gasteiger partial charge in [-0.3, -0.25) is 0 Å². The first kappa shape index (κ1) is 13.9. The van der Waals surface area contributed by atoms with Gasteiger partial charge in [0.05, 0.1) is 24.8 Å². The summed E-state index contributed by atoms with van der Waals surface area (Å²) in [6.07, 6.45) is 0. The lowest BCUT2D eigenvalue weighted by Gasteiger charge is -2.06. The van der Waals surface area contributed by atoms with Gasteiger partial charge in [-0.05, 0) is 33.6 Å². The van der Waals surface area contributed by atoms with Gasteiger partial charge in [-0.1, -0.05) is 17.7 Å². The predicted molar refractivity (Wildman–Crippen MR) is 68.8 cm³/mol. The Bertz CT molecular complexity index is 323. The Morgan fingerprint density at radius 3 is 2.88 bits per heavy atom. The van der Waals surface area contributed by atoms with Crippen molar-refractivity contribution in [2.75, 3.05) is 26.4 Å². The highest BCUT2D eigenvalue weighted by Gasteiger charge is 1.98. The summed E-state index contributed by atoms with van der Waals surface area (Å²) in [5.41, 5.74) is 1.17. The first-order valence-electron chi connectivity index (χ1n) is 5.07. The van der Waals surface area contributed by atoms with E-state index in [9.17, 15) is 0 Å². The Kier molecular flexibility index (Phi) is 7.00. The summed E-state index contributed by atoms with van der Waals surface area (Å²) in [5.74, 6) is 0. The van der Waals surface area contributed by atoms with Crippen LogP contribution in [0.2, 0.25) is 5.02 Å². The van der Waals surface area contributed by atoms with Crippen LogP contribution in [0.25, 0.3) is 0 Å². The Balaban J connectivity index is 2.19. The van der Waals surface area contributed by atoms with Crippen LogP contribution < -0.4 is 5.32 Å². The largest absolute Gasteiger partial charge is 0.394 e. The highest BCUT2D eigenvalue weighted by atomic mass is 79.9. The topological polar surface area (TPSA) is 41.5 Å². The van der Waals surface area contributed by atoms with Gasteiger partial charge >= 0.3 is 0 Å². The Morgan fingerprint density at radius 1 is 1.38 bits per heavy atom. The molecule has 1 aromatic carbocycles. The second-order valence-corrected chi connectivity index (χ2v) is 4.52. The van der Waals surface area contributed by atoms with E-state index in [-0.39, 0.29) is 6.61 Å². The van der Waals surface area contributed by atoms with E-state index in [1.807, 2.05) is 18.2 Å². The number of nitrogens with one attached hydrogen (secondary N) is 1. The van der Waals surface area contributed by atoms with Crippen molar-refractivity contribution in [3.05, 3.63) is 33.3 Å². The first-order chi connectivity index (χ1) is 7.74. The third-order valence-electron chi connectivity index (χ3n) is 1.97. The molecule has 90 valence electrons. The van der Waals surface area contributed by atoms with E-state index in [1.165, 1.54) is 5.56 Å². The number of ether oxygens (including phenoxy) is 1. The summed E-state index contributed by atoms with van der Waals surface area (Å²) >= 11 is 9.27. The molecule has 0 heterocycles. The quantitative estimate of drug-likeness (QED) is 0.759.